The smallest absolute Gasteiger partial charge is 0.144 e. The topological polar surface area (TPSA) is 58.9 Å². The predicted octanol–water partition coefficient (Wildman–Crippen LogP) is 0.925. The van der Waals surface area contributed by atoms with Crippen molar-refractivity contribution in [3.63, 3.8) is 0 Å². The summed E-state index contributed by atoms with van der Waals surface area (Å²) in [4.78, 5) is 23.2. The van der Waals surface area contributed by atoms with Gasteiger partial charge in [0.15, 0.2) is 0 Å². The van der Waals surface area contributed by atoms with Crippen LogP contribution in [-0.4, -0.2) is 19.0 Å². The minimum absolute atomic E-state index is 0.115. The Kier molecular flexibility index (Phi) is 3.95. The normalized spacial score (nSPS) is 11.6. The van der Waals surface area contributed by atoms with E-state index in [1.54, 1.807) is 0 Å². The van der Waals surface area contributed by atoms with E-state index in [0.717, 1.165) is 0 Å². The molecule has 0 aliphatic rings. The second-order valence-electron chi connectivity index (χ2n) is 1.75. The Morgan fingerprint density at radius 2 is 2.30 bits per heavy atom. The van der Waals surface area contributed by atoms with Crippen LogP contribution in [0.15, 0.2) is 22.4 Å². The highest BCUT2D eigenvalue weighted by molar-refractivity contribution is 5.59. The number of nitroso groups, excluding NO2 is 1. The molecule has 0 saturated carbocycles. The Balaban J connectivity index is 3.84. The number of hydrogen-bond acceptors (Lipinski definition) is 4. The zero-order valence-corrected chi connectivity index (χ0v) is 5.49. The van der Waals surface area contributed by atoms with Crippen LogP contribution in [0.1, 0.15) is 6.42 Å². The van der Waals surface area contributed by atoms with Crippen molar-refractivity contribution in [2.24, 2.45) is 10.2 Å². The molecule has 0 aliphatic heterocycles. The van der Waals surface area contributed by atoms with E-state index >= 15 is 0 Å². The first-order chi connectivity index (χ1) is 4.74. The Labute approximate surface area is 58.6 Å². The van der Waals surface area contributed by atoms with Gasteiger partial charge in [0.05, 0.1) is 5.70 Å². The highest BCUT2D eigenvalue weighted by atomic mass is 16.3. The van der Waals surface area contributed by atoms with Gasteiger partial charge in [-0.25, -0.2) is 0 Å². The maximum absolute atomic E-state index is 10.1. The summed E-state index contributed by atoms with van der Waals surface area (Å²) in [6.07, 6.45) is 0.764. The minimum Gasteiger partial charge on any atom is -0.301 e. The number of hydrogen-bond donors (Lipinski definition) is 0. The fourth-order valence-electron chi connectivity index (χ4n) is 0.434. The maximum Gasteiger partial charge on any atom is 0.144 e. The average molecular weight is 140 g/mol. The SMILES string of the molecule is C=N[C@H](C=O)CC(=C)N=O. The first-order valence-corrected chi connectivity index (χ1v) is 2.66. The quantitative estimate of drug-likeness (QED) is 0.324. The van der Waals surface area contributed by atoms with Crippen LogP contribution in [0.3, 0.4) is 0 Å². The lowest BCUT2D eigenvalue weighted by Gasteiger charge is -1.98. The van der Waals surface area contributed by atoms with Gasteiger partial charge in [-0.05, 0) is 11.9 Å². The first kappa shape index (κ1) is 8.68. The number of carbonyl (C=O) groups is 1. The van der Waals surface area contributed by atoms with Crippen LogP contribution in [0, 0.1) is 4.91 Å². The van der Waals surface area contributed by atoms with Crippen molar-refractivity contribution in [3.05, 3.63) is 17.2 Å². The molecular formula is C6H8N2O2. The molecule has 0 aromatic carbocycles. The van der Waals surface area contributed by atoms with Crippen LogP contribution in [-0.2, 0) is 4.79 Å². The molecule has 0 spiro atoms. The monoisotopic (exact) mass is 140 g/mol. The van der Waals surface area contributed by atoms with Gasteiger partial charge in [-0.15, -0.1) is 4.91 Å². The van der Waals surface area contributed by atoms with Crippen molar-refractivity contribution >= 4 is 13.0 Å². The lowest BCUT2D eigenvalue weighted by Crippen LogP contribution is -2.04. The van der Waals surface area contributed by atoms with Crippen molar-refractivity contribution in [3.8, 4) is 0 Å². The number of aliphatic imine (C=N–C) groups is 1. The van der Waals surface area contributed by atoms with E-state index in [1.807, 2.05) is 0 Å². The third-order valence-electron chi connectivity index (χ3n) is 0.965. The van der Waals surface area contributed by atoms with Crippen molar-refractivity contribution in [2.45, 2.75) is 12.5 Å². The summed E-state index contributed by atoms with van der Waals surface area (Å²) >= 11 is 0. The number of nitrogens with zero attached hydrogens (tertiary/aromatic N) is 2. The molecule has 10 heavy (non-hydrogen) atoms. The molecule has 0 aromatic heterocycles. The van der Waals surface area contributed by atoms with Gasteiger partial charge in [-0.1, -0.05) is 6.58 Å². The summed E-state index contributed by atoms with van der Waals surface area (Å²) in [5.74, 6) is 0. The van der Waals surface area contributed by atoms with E-state index in [-0.39, 0.29) is 12.1 Å². The molecular weight excluding hydrogens is 132 g/mol. The summed E-state index contributed by atoms with van der Waals surface area (Å²) < 4.78 is 0. The molecule has 0 aliphatic carbocycles. The zero-order chi connectivity index (χ0) is 7.98. The Hall–Kier alpha value is -1.32. The Morgan fingerprint density at radius 3 is 2.60 bits per heavy atom. The van der Waals surface area contributed by atoms with Gasteiger partial charge >= 0.3 is 0 Å². The lowest BCUT2D eigenvalue weighted by molar-refractivity contribution is -0.108. The standard InChI is InChI=1S/C6H8N2O2/c1-5(8-10)3-6(4-9)7-2/h4,6H,1-3H2/t6-/m0/s1. The molecule has 4 heteroatoms. The van der Waals surface area contributed by atoms with Gasteiger partial charge in [0.2, 0.25) is 0 Å². The molecule has 0 N–H and O–H groups in total. The van der Waals surface area contributed by atoms with Gasteiger partial charge in [-0.2, -0.15) is 0 Å². The maximum atomic E-state index is 10.1. The van der Waals surface area contributed by atoms with Crippen LogP contribution in [0.25, 0.3) is 0 Å². The molecule has 0 saturated heterocycles. The van der Waals surface area contributed by atoms with Crippen molar-refractivity contribution in [1.82, 2.24) is 0 Å². The summed E-state index contributed by atoms with van der Waals surface area (Å²) in [5.41, 5.74) is 0.115. The van der Waals surface area contributed by atoms with Crippen molar-refractivity contribution < 1.29 is 4.79 Å². The number of aldehydes is 1. The molecule has 0 bridgehead atoms. The molecule has 0 fully saturated rings. The second-order valence-corrected chi connectivity index (χ2v) is 1.75. The van der Waals surface area contributed by atoms with Gasteiger partial charge in [0.1, 0.15) is 12.3 Å². The molecule has 0 unspecified atom stereocenters. The summed E-state index contributed by atoms with van der Waals surface area (Å²) in [7, 11) is 0. The van der Waals surface area contributed by atoms with Crippen LogP contribution in [0.4, 0.5) is 0 Å². The number of carbonyl (C=O) groups excluding carboxylic acids is 1. The number of rotatable bonds is 5. The highest BCUT2D eigenvalue weighted by Gasteiger charge is 2.04. The molecule has 1 atom stereocenters. The minimum atomic E-state index is -0.579. The third kappa shape index (κ3) is 2.86. The van der Waals surface area contributed by atoms with E-state index in [1.165, 1.54) is 0 Å². The van der Waals surface area contributed by atoms with Crippen LogP contribution < -0.4 is 0 Å². The first-order valence-electron chi connectivity index (χ1n) is 2.66. The fourth-order valence-corrected chi connectivity index (χ4v) is 0.434. The van der Waals surface area contributed by atoms with Crippen LogP contribution >= 0.6 is 0 Å². The Bertz CT molecular complexity index is 157. The zero-order valence-electron chi connectivity index (χ0n) is 5.49. The van der Waals surface area contributed by atoms with E-state index in [0.29, 0.717) is 6.29 Å². The third-order valence-corrected chi connectivity index (χ3v) is 0.965. The molecule has 0 amide bonds. The fraction of sp³-hybridized carbons (Fsp3) is 0.333. The average Bonchev–Trinajstić information content (AvgIpc) is 1.99. The van der Waals surface area contributed by atoms with Crippen LogP contribution in [0.5, 0.6) is 0 Å². The molecule has 0 aromatic rings. The summed E-state index contributed by atoms with van der Waals surface area (Å²) in [5, 5.41) is 2.53. The van der Waals surface area contributed by atoms with E-state index in [2.05, 4.69) is 23.5 Å². The van der Waals surface area contributed by atoms with E-state index < -0.39 is 6.04 Å². The Morgan fingerprint density at radius 1 is 1.70 bits per heavy atom. The van der Waals surface area contributed by atoms with Crippen molar-refractivity contribution in [1.29, 1.82) is 0 Å². The van der Waals surface area contributed by atoms with Gasteiger partial charge in [-0.3, -0.25) is 4.99 Å². The molecule has 0 radical (unpaired) electrons. The summed E-state index contributed by atoms with van der Waals surface area (Å²) in [6.45, 7) is 6.44. The van der Waals surface area contributed by atoms with Gasteiger partial charge in [0, 0.05) is 6.42 Å². The molecule has 4 nitrogen and oxygen atoms in total. The largest absolute Gasteiger partial charge is 0.301 e. The lowest BCUT2D eigenvalue weighted by atomic mass is 10.2. The van der Waals surface area contributed by atoms with E-state index in [4.69, 9.17) is 0 Å². The molecule has 0 heterocycles. The second kappa shape index (κ2) is 4.55. The van der Waals surface area contributed by atoms with Gasteiger partial charge in [0.25, 0.3) is 0 Å². The predicted molar refractivity (Wildman–Crippen MR) is 39.0 cm³/mol. The van der Waals surface area contributed by atoms with E-state index in [9.17, 15) is 9.70 Å². The van der Waals surface area contributed by atoms with Gasteiger partial charge < -0.3 is 4.79 Å². The van der Waals surface area contributed by atoms with Crippen LogP contribution in [0.2, 0.25) is 0 Å². The van der Waals surface area contributed by atoms with Crippen molar-refractivity contribution in [2.75, 3.05) is 0 Å². The molecule has 0 rings (SSSR count). The molecule has 54 valence electrons. The summed E-state index contributed by atoms with van der Waals surface area (Å²) in [6, 6.07) is -0.579. The highest BCUT2D eigenvalue weighted by Crippen LogP contribution is 2.04.